The number of rotatable bonds is 5. The first-order chi connectivity index (χ1) is 12.1. The van der Waals surface area contributed by atoms with Crippen LogP contribution in [0.25, 0.3) is 0 Å². The van der Waals surface area contributed by atoms with Crippen molar-refractivity contribution >= 4 is 11.6 Å². The number of hydrogen-bond donors (Lipinski definition) is 0. The Bertz CT molecular complexity index is 666. The van der Waals surface area contributed by atoms with Gasteiger partial charge in [0.2, 0.25) is 5.91 Å². The molecule has 0 aromatic heterocycles. The lowest BCUT2D eigenvalue weighted by atomic mass is 10.1. The minimum atomic E-state index is -0.0772. The molecule has 1 aliphatic rings. The largest absolute Gasteiger partial charge is 0.369 e. The lowest BCUT2D eigenvalue weighted by molar-refractivity contribution is -0.135. The normalized spacial score (nSPS) is 16.5. The first-order valence-corrected chi connectivity index (χ1v) is 8.98. The van der Waals surface area contributed by atoms with Crippen LogP contribution in [0.3, 0.4) is 0 Å². The van der Waals surface area contributed by atoms with E-state index in [1.54, 1.807) is 0 Å². The second-order valence-corrected chi connectivity index (χ2v) is 6.71. The molecule has 0 spiro atoms. The molecule has 132 valence electrons. The Balaban J connectivity index is 1.53. The summed E-state index contributed by atoms with van der Waals surface area (Å²) in [6, 6.07) is 20.6. The van der Waals surface area contributed by atoms with Crippen LogP contribution in [0.1, 0.15) is 12.5 Å². The van der Waals surface area contributed by atoms with Crippen molar-refractivity contribution in [3.8, 4) is 0 Å². The molecule has 1 saturated heterocycles. The Morgan fingerprint density at radius 3 is 2.12 bits per heavy atom. The molecule has 4 heteroatoms. The molecule has 1 unspecified atom stereocenters. The number of likely N-dealkylation sites (N-methyl/N-ethyl adjacent to an activating group) is 1. The number of para-hydroxylation sites is 1. The van der Waals surface area contributed by atoms with E-state index < -0.39 is 0 Å². The monoisotopic (exact) mass is 337 g/mol. The maximum Gasteiger partial charge on any atom is 0.239 e. The summed E-state index contributed by atoms with van der Waals surface area (Å²) in [4.78, 5) is 19.3. The minimum Gasteiger partial charge on any atom is -0.369 e. The predicted molar refractivity (Wildman–Crippen MR) is 103 cm³/mol. The van der Waals surface area contributed by atoms with Crippen LogP contribution in [0.15, 0.2) is 60.7 Å². The van der Waals surface area contributed by atoms with E-state index in [4.69, 9.17) is 0 Å². The molecule has 1 heterocycles. The van der Waals surface area contributed by atoms with Crippen LogP contribution in [-0.2, 0) is 11.3 Å². The summed E-state index contributed by atoms with van der Waals surface area (Å²) < 4.78 is 0. The van der Waals surface area contributed by atoms with Crippen molar-refractivity contribution in [2.24, 2.45) is 0 Å². The van der Waals surface area contributed by atoms with Crippen LogP contribution in [0.4, 0.5) is 5.69 Å². The highest BCUT2D eigenvalue weighted by Crippen LogP contribution is 2.17. The number of carbonyl (C=O) groups is 1. The van der Waals surface area contributed by atoms with Crippen LogP contribution in [0.5, 0.6) is 0 Å². The zero-order valence-electron chi connectivity index (χ0n) is 15.1. The molecule has 0 bridgehead atoms. The summed E-state index contributed by atoms with van der Waals surface area (Å²) >= 11 is 0. The predicted octanol–water partition coefficient (Wildman–Crippen LogP) is 2.86. The number of nitrogens with zero attached hydrogens (tertiary/aromatic N) is 3. The topological polar surface area (TPSA) is 26.8 Å². The molecule has 2 aromatic carbocycles. The first-order valence-electron chi connectivity index (χ1n) is 8.98. The summed E-state index contributed by atoms with van der Waals surface area (Å²) in [5.41, 5.74) is 2.43. The Kier molecular flexibility index (Phi) is 5.71. The van der Waals surface area contributed by atoms with Crippen molar-refractivity contribution < 1.29 is 4.79 Å². The fourth-order valence-corrected chi connectivity index (χ4v) is 3.42. The summed E-state index contributed by atoms with van der Waals surface area (Å²) in [7, 11) is 1.89. The standard InChI is InChI=1S/C21H27N3O/c1-18(21(25)22(2)17-19-9-5-3-6-10-19)23-13-15-24(16-14-23)20-11-7-4-8-12-20/h3-12,18H,13-17H2,1-2H3. The van der Waals surface area contributed by atoms with E-state index in [9.17, 15) is 4.79 Å². The van der Waals surface area contributed by atoms with Crippen LogP contribution >= 0.6 is 0 Å². The smallest absolute Gasteiger partial charge is 0.239 e. The van der Waals surface area contributed by atoms with Crippen molar-refractivity contribution in [2.75, 3.05) is 38.1 Å². The Morgan fingerprint density at radius 2 is 1.52 bits per heavy atom. The molecular weight excluding hydrogens is 310 g/mol. The van der Waals surface area contributed by atoms with Gasteiger partial charge in [-0.05, 0) is 24.6 Å². The zero-order valence-corrected chi connectivity index (χ0v) is 15.1. The molecular formula is C21H27N3O. The fraction of sp³-hybridized carbons (Fsp3) is 0.381. The molecule has 4 nitrogen and oxygen atoms in total. The molecule has 1 fully saturated rings. The van der Waals surface area contributed by atoms with Crippen molar-refractivity contribution in [1.29, 1.82) is 0 Å². The van der Waals surface area contributed by atoms with Crippen molar-refractivity contribution in [2.45, 2.75) is 19.5 Å². The van der Waals surface area contributed by atoms with Gasteiger partial charge in [0, 0.05) is 45.5 Å². The summed E-state index contributed by atoms with van der Waals surface area (Å²) in [5, 5.41) is 0. The van der Waals surface area contributed by atoms with Gasteiger partial charge < -0.3 is 9.80 Å². The Hall–Kier alpha value is -2.33. The van der Waals surface area contributed by atoms with E-state index in [1.165, 1.54) is 11.3 Å². The average Bonchev–Trinajstić information content (AvgIpc) is 2.68. The number of amides is 1. The fourth-order valence-electron chi connectivity index (χ4n) is 3.42. The van der Waals surface area contributed by atoms with Crippen LogP contribution < -0.4 is 4.90 Å². The highest BCUT2D eigenvalue weighted by atomic mass is 16.2. The first kappa shape index (κ1) is 17.5. The Labute approximate surface area is 150 Å². The van der Waals surface area contributed by atoms with Gasteiger partial charge in [-0.2, -0.15) is 0 Å². The summed E-state index contributed by atoms with van der Waals surface area (Å²) in [6.45, 7) is 6.45. The number of carbonyl (C=O) groups excluding carboxylic acids is 1. The third-order valence-electron chi connectivity index (χ3n) is 4.98. The van der Waals surface area contributed by atoms with E-state index in [0.717, 1.165) is 26.2 Å². The maximum absolute atomic E-state index is 12.8. The molecule has 0 N–H and O–H groups in total. The van der Waals surface area contributed by atoms with E-state index >= 15 is 0 Å². The third-order valence-corrected chi connectivity index (χ3v) is 4.98. The third kappa shape index (κ3) is 4.40. The van der Waals surface area contributed by atoms with Crippen molar-refractivity contribution in [3.63, 3.8) is 0 Å². The molecule has 25 heavy (non-hydrogen) atoms. The highest BCUT2D eigenvalue weighted by molar-refractivity contribution is 5.81. The molecule has 3 rings (SSSR count). The Morgan fingerprint density at radius 1 is 0.960 bits per heavy atom. The van der Waals surface area contributed by atoms with Crippen molar-refractivity contribution in [1.82, 2.24) is 9.80 Å². The lowest BCUT2D eigenvalue weighted by Gasteiger charge is -2.39. The average molecular weight is 337 g/mol. The summed E-state index contributed by atoms with van der Waals surface area (Å²) in [6.07, 6.45) is 0. The van der Waals surface area contributed by atoms with Gasteiger partial charge in [0.05, 0.1) is 6.04 Å². The van der Waals surface area contributed by atoms with Gasteiger partial charge in [0.25, 0.3) is 0 Å². The number of piperazine rings is 1. The highest BCUT2D eigenvalue weighted by Gasteiger charge is 2.27. The second kappa shape index (κ2) is 8.17. The molecule has 0 radical (unpaired) electrons. The minimum absolute atomic E-state index is 0.0772. The van der Waals surface area contributed by atoms with Gasteiger partial charge in [0.1, 0.15) is 0 Å². The summed E-state index contributed by atoms with van der Waals surface area (Å²) in [5.74, 6) is 0.192. The lowest BCUT2D eigenvalue weighted by Crippen LogP contribution is -2.54. The molecule has 1 atom stereocenters. The van der Waals surface area contributed by atoms with Gasteiger partial charge in [0.15, 0.2) is 0 Å². The van der Waals surface area contributed by atoms with Crippen LogP contribution in [0, 0.1) is 0 Å². The SMILES string of the molecule is CC(C(=O)N(C)Cc1ccccc1)N1CCN(c2ccccc2)CC1. The van der Waals surface area contributed by atoms with Gasteiger partial charge in [-0.1, -0.05) is 48.5 Å². The van der Waals surface area contributed by atoms with E-state index in [0.29, 0.717) is 6.54 Å². The van der Waals surface area contributed by atoms with Crippen LogP contribution in [-0.4, -0.2) is 55.0 Å². The maximum atomic E-state index is 12.8. The van der Waals surface area contributed by atoms with E-state index in [1.807, 2.05) is 43.1 Å². The van der Waals surface area contributed by atoms with E-state index in [-0.39, 0.29) is 11.9 Å². The van der Waals surface area contributed by atoms with Gasteiger partial charge >= 0.3 is 0 Å². The molecule has 0 aliphatic carbocycles. The zero-order chi connectivity index (χ0) is 17.6. The van der Waals surface area contributed by atoms with Gasteiger partial charge in [-0.3, -0.25) is 9.69 Å². The quantitative estimate of drug-likeness (QED) is 0.839. The molecule has 1 amide bonds. The number of hydrogen-bond acceptors (Lipinski definition) is 3. The molecule has 2 aromatic rings. The van der Waals surface area contributed by atoms with Crippen molar-refractivity contribution in [3.05, 3.63) is 66.2 Å². The number of anilines is 1. The van der Waals surface area contributed by atoms with Gasteiger partial charge in [-0.15, -0.1) is 0 Å². The molecule has 0 saturated carbocycles. The molecule has 1 aliphatic heterocycles. The van der Waals surface area contributed by atoms with Crippen LogP contribution in [0.2, 0.25) is 0 Å². The van der Waals surface area contributed by atoms with Gasteiger partial charge in [-0.25, -0.2) is 0 Å². The second-order valence-electron chi connectivity index (χ2n) is 6.71. The number of benzene rings is 2. The van der Waals surface area contributed by atoms with E-state index in [2.05, 4.69) is 46.2 Å².